The molecular formula is C16H18N2O. The van der Waals surface area contributed by atoms with Crippen molar-refractivity contribution < 1.29 is 5.21 Å². The Balaban J connectivity index is 2.54. The van der Waals surface area contributed by atoms with E-state index in [9.17, 15) is 5.21 Å². The van der Waals surface area contributed by atoms with Crippen LogP contribution in [0.4, 0.5) is 5.69 Å². The number of nitrogens with zero attached hydrogens (tertiary/aromatic N) is 2. The SMILES string of the molecule is Cc1cccc(C)c1N=C(c1ccccc1)N(C)O. The molecule has 1 N–H and O–H groups in total. The molecule has 2 rings (SSSR count). The van der Waals surface area contributed by atoms with Gasteiger partial charge in [-0.05, 0) is 25.0 Å². The van der Waals surface area contributed by atoms with E-state index in [4.69, 9.17) is 0 Å². The summed E-state index contributed by atoms with van der Waals surface area (Å²) in [6.45, 7) is 4.04. The zero-order valence-electron chi connectivity index (χ0n) is 11.5. The maximum Gasteiger partial charge on any atom is 0.159 e. The first-order valence-electron chi connectivity index (χ1n) is 6.22. The van der Waals surface area contributed by atoms with E-state index in [1.54, 1.807) is 7.05 Å². The molecule has 3 nitrogen and oxygen atoms in total. The van der Waals surface area contributed by atoms with Gasteiger partial charge in [0, 0.05) is 12.6 Å². The van der Waals surface area contributed by atoms with Crippen LogP contribution < -0.4 is 0 Å². The largest absolute Gasteiger partial charge is 0.287 e. The molecule has 19 heavy (non-hydrogen) atoms. The molecule has 0 bridgehead atoms. The smallest absolute Gasteiger partial charge is 0.159 e. The first-order chi connectivity index (χ1) is 9.09. The standard InChI is InChI=1S/C16H18N2O/c1-12-8-7-9-13(2)15(12)17-16(18(3)19)14-10-5-4-6-11-14/h4-11,19H,1-3H3. The van der Waals surface area contributed by atoms with E-state index in [1.165, 1.54) is 0 Å². The van der Waals surface area contributed by atoms with E-state index in [1.807, 2.05) is 62.4 Å². The second kappa shape index (κ2) is 5.67. The second-order valence-corrected chi connectivity index (χ2v) is 4.57. The molecule has 2 aromatic carbocycles. The maximum absolute atomic E-state index is 9.81. The number of aryl methyl sites for hydroxylation is 2. The highest BCUT2D eigenvalue weighted by molar-refractivity contribution is 5.99. The van der Waals surface area contributed by atoms with Crippen molar-refractivity contribution in [3.8, 4) is 0 Å². The predicted octanol–water partition coefficient (Wildman–Crippen LogP) is 3.70. The molecular weight excluding hydrogens is 236 g/mol. The molecule has 0 saturated heterocycles. The molecule has 0 atom stereocenters. The number of aliphatic imine (C=N–C) groups is 1. The summed E-state index contributed by atoms with van der Waals surface area (Å²) in [5.41, 5.74) is 3.97. The molecule has 98 valence electrons. The van der Waals surface area contributed by atoms with E-state index < -0.39 is 0 Å². The van der Waals surface area contributed by atoms with Crippen LogP contribution >= 0.6 is 0 Å². The normalized spacial score (nSPS) is 11.5. The minimum absolute atomic E-state index is 0.540. The van der Waals surface area contributed by atoms with Crippen LogP contribution in [0.1, 0.15) is 16.7 Å². The Morgan fingerprint density at radius 3 is 2.05 bits per heavy atom. The van der Waals surface area contributed by atoms with Crippen LogP contribution in [0.15, 0.2) is 53.5 Å². The topological polar surface area (TPSA) is 35.8 Å². The third-order valence-corrected chi connectivity index (χ3v) is 3.00. The van der Waals surface area contributed by atoms with Gasteiger partial charge in [0.2, 0.25) is 0 Å². The van der Waals surface area contributed by atoms with Gasteiger partial charge in [0.05, 0.1) is 5.69 Å². The monoisotopic (exact) mass is 254 g/mol. The van der Waals surface area contributed by atoms with Gasteiger partial charge in [-0.2, -0.15) is 0 Å². The van der Waals surface area contributed by atoms with Gasteiger partial charge in [0.15, 0.2) is 5.84 Å². The average Bonchev–Trinajstić information content (AvgIpc) is 2.39. The summed E-state index contributed by atoms with van der Waals surface area (Å²) in [4.78, 5) is 4.62. The van der Waals surface area contributed by atoms with Crippen LogP contribution in [0.3, 0.4) is 0 Å². The zero-order chi connectivity index (χ0) is 13.8. The summed E-state index contributed by atoms with van der Waals surface area (Å²) < 4.78 is 0. The van der Waals surface area contributed by atoms with Crippen molar-refractivity contribution in [1.82, 2.24) is 5.06 Å². The molecule has 0 unspecified atom stereocenters. The van der Waals surface area contributed by atoms with E-state index in [-0.39, 0.29) is 0 Å². The molecule has 2 aromatic rings. The molecule has 0 aliphatic carbocycles. The number of para-hydroxylation sites is 1. The predicted molar refractivity (Wildman–Crippen MR) is 78.1 cm³/mol. The van der Waals surface area contributed by atoms with E-state index in [0.717, 1.165) is 27.4 Å². The molecule has 0 aliphatic heterocycles. The van der Waals surface area contributed by atoms with Crippen LogP contribution in [-0.4, -0.2) is 23.2 Å². The van der Waals surface area contributed by atoms with Crippen molar-refractivity contribution in [1.29, 1.82) is 0 Å². The van der Waals surface area contributed by atoms with Crippen molar-refractivity contribution >= 4 is 11.5 Å². The van der Waals surface area contributed by atoms with E-state index in [0.29, 0.717) is 5.84 Å². The van der Waals surface area contributed by atoms with E-state index in [2.05, 4.69) is 4.99 Å². The molecule has 0 fully saturated rings. The second-order valence-electron chi connectivity index (χ2n) is 4.57. The number of hydrogen-bond donors (Lipinski definition) is 1. The summed E-state index contributed by atoms with van der Waals surface area (Å²) in [6.07, 6.45) is 0. The van der Waals surface area contributed by atoms with Gasteiger partial charge in [0.1, 0.15) is 0 Å². The molecule has 0 radical (unpaired) electrons. The Bertz CT molecular complexity index is 569. The van der Waals surface area contributed by atoms with Gasteiger partial charge in [-0.25, -0.2) is 10.1 Å². The van der Waals surface area contributed by atoms with Crippen LogP contribution in [0.2, 0.25) is 0 Å². The Morgan fingerprint density at radius 2 is 1.53 bits per heavy atom. The Labute approximate surface area is 113 Å². The fourth-order valence-corrected chi connectivity index (χ4v) is 2.00. The number of hydroxylamine groups is 2. The van der Waals surface area contributed by atoms with Crippen molar-refractivity contribution in [2.75, 3.05) is 7.05 Å². The van der Waals surface area contributed by atoms with Crippen LogP contribution in [0, 0.1) is 13.8 Å². The molecule has 0 saturated carbocycles. The van der Waals surface area contributed by atoms with Crippen LogP contribution in [0.5, 0.6) is 0 Å². The summed E-state index contributed by atoms with van der Waals surface area (Å²) in [5, 5.41) is 10.9. The van der Waals surface area contributed by atoms with Crippen molar-refractivity contribution in [3.63, 3.8) is 0 Å². The highest BCUT2D eigenvalue weighted by atomic mass is 16.5. The number of benzene rings is 2. The highest BCUT2D eigenvalue weighted by Crippen LogP contribution is 2.24. The molecule has 0 aliphatic rings. The lowest BCUT2D eigenvalue weighted by atomic mass is 10.1. The van der Waals surface area contributed by atoms with Crippen molar-refractivity contribution in [2.45, 2.75) is 13.8 Å². The lowest BCUT2D eigenvalue weighted by molar-refractivity contribution is 0.0144. The van der Waals surface area contributed by atoms with Crippen LogP contribution in [-0.2, 0) is 0 Å². The van der Waals surface area contributed by atoms with Crippen molar-refractivity contribution in [2.24, 2.45) is 4.99 Å². The zero-order valence-corrected chi connectivity index (χ0v) is 11.5. The molecule has 3 heteroatoms. The first kappa shape index (κ1) is 13.3. The van der Waals surface area contributed by atoms with Gasteiger partial charge in [0.25, 0.3) is 0 Å². The number of rotatable bonds is 2. The van der Waals surface area contributed by atoms with E-state index >= 15 is 0 Å². The lowest BCUT2D eigenvalue weighted by Crippen LogP contribution is -2.23. The van der Waals surface area contributed by atoms with Crippen LogP contribution in [0.25, 0.3) is 0 Å². The van der Waals surface area contributed by atoms with Gasteiger partial charge in [-0.1, -0.05) is 48.5 Å². The number of hydrogen-bond acceptors (Lipinski definition) is 2. The molecule has 0 spiro atoms. The Kier molecular flexibility index (Phi) is 3.97. The maximum atomic E-state index is 9.81. The minimum Gasteiger partial charge on any atom is -0.287 e. The first-order valence-corrected chi connectivity index (χ1v) is 6.22. The molecule has 0 heterocycles. The Hall–Kier alpha value is -2.13. The fraction of sp³-hybridized carbons (Fsp3) is 0.188. The lowest BCUT2D eigenvalue weighted by Gasteiger charge is -2.15. The summed E-state index contributed by atoms with van der Waals surface area (Å²) in [6, 6.07) is 15.7. The Morgan fingerprint density at radius 1 is 0.947 bits per heavy atom. The van der Waals surface area contributed by atoms with Gasteiger partial charge in [-0.3, -0.25) is 5.21 Å². The summed E-state index contributed by atoms with van der Waals surface area (Å²) in [7, 11) is 1.58. The van der Waals surface area contributed by atoms with Gasteiger partial charge >= 0.3 is 0 Å². The fourth-order valence-electron chi connectivity index (χ4n) is 2.00. The third-order valence-electron chi connectivity index (χ3n) is 3.00. The average molecular weight is 254 g/mol. The quantitative estimate of drug-likeness (QED) is 0.504. The van der Waals surface area contributed by atoms with Crippen molar-refractivity contribution in [3.05, 3.63) is 65.2 Å². The number of amidine groups is 1. The minimum atomic E-state index is 0.540. The molecule has 0 amide bonds. The molecule has 0 aromatic heterocycles. The summed E-state index contributed by atoms with van der Waals surface area (Å²) in [5.74, 6) is 0.540. The summed E-state index contributed by atoms with van der Waals surface area (Å²) >= 11 is 0. The van der Waals surface area contributed by atoms with Gasteiger partial charge < -0.3 is 0 Å². The van der Waals surface area contributed by atoms with Gasteiger partial charge in [-0.15, -0.1) is 0 Å². The highest BCUT2D eigenvalue weighted by Gasteiger charge is 2.09. The third kappa shape index (κ3) is 3.01.